The second-order valence-corrected chi connectivity index (χ2v) is 5.61. The van der Waals surface area contributed by atoms with Crippen LogP contribution in [0.2, 0.25) is 0 Å². The molecule has 3 aromatic rings. The van der Waals surface area contributed by atoms with Crippen molar-refractivity contribution in [3.05, 3.63) is 48.4 Å². The molecule has 1 atom stereocenters. The van der Waals surface area contributed by atoms with Gasteiger partial charge < -0.3 is 9.88 Å². The van der Waals surface area contributed by atoms with E-state index in [1.54, 1.807) is 0 Å². The lowest BCUT2D eigenvalue weighted by atomic mass is 10.3. The number of nitrogens with one attached hydrogen (secondary N) is 1. The summed E-state index contributed by atoms with van der Waals surface area (Å²) in [5.41, 5.74) is 2.11. The van der Waals surface area contributed by atoms with Gasteiger partial charge in [0.1, 0.15) is 0 Å². The third-order valence-corrected chi connectivity index (χ3v) is 4.00. The maximum Gasteiger partial charge on any atom is 0.160 e. The van der Waals surface area contributed by atoms with E-state index < -0.39 is 0 Å². The molecular formula is C15H18N6. The molecule has 21 heavy (non-hydrogen) atoms. The number of hydrogen-bond acceptors (Lipinski definition) is 4. The van der Waals surface area contributed by atoms with Gasteiger partial charge in [0.25, 0.3) is 0 Å². The van der Waals surface area contributed by atoms with E-state index in [4.69, 9.17) is 0 Å². The Hall–Kier alpha value is -2.21. The monoisotopic (exact) mass is 282 g/mol. The van der Waals surface area contributed by atoms with E-state index in [0.29, 0.717) is 6.04 Å². The zero-order valence-corrected chi connectivity index (χ0v) is 12.0. The highest BCUT2D eigenvalue weighted by atomic mass is 15.3. The first-order valence-corrected chi connectivity index (χ1v) is 7.36. The average Bonchev–Trinajstić information content (AvgIpc) is 3.10. The Morgan fingerprint density at radius 1 is 1.33 bits per heavy atom. The van der Waals surface area contributed by atoms with Gasteiger partial charge in [0, 0.05) is 25.0 Å². The van der Waals surface area contributed by atoms with E-state index in [1.165, 1.54) is 18.5 Å². The van der Waals surface area contributed by atoms with Crippen LogP contribution < -0.4 is 5.32 Å². The van der Waals surface area contributed by atoms with Crippen LogP contribution >= 0.6 is 0 Å². The third kappa shape index (κ3) is 2.31. The predicted octanol–water partition coefficient (Wildman–Crippen LogP) is 2.11. The van der Waals surface area contributed by atoms with E-state index in [0.717, 1.165) is 18.0 Å². The lowest BCUT2D eigenvalue weighted by Gasteiger charge is -2.13. The fourth-order valence-corrected chi connectivity index (χ4v) is 2.65. The minimum absolute atomic E-state index is 0.130. The van der Waals surface area contributed by atoms with Crippen LogP contribution in [-0.2, 0) is 6.54 Å². The smallest absolute Gasteiger partial charge is 0.160 e. The number of fused-ring (bicyclic) bond motifs is 1. The molecule has 1 aliphatic carbocycles. The fraction of sp³-hybridized carbons (Fsp3) is 0.400. The Labute approximate surface area is 122 Å². The lowest BCUT2D eigenvalue weighted by Crippen LogP contribution is -2.21. The van der Waals surface area contributed by atoms with E-state index in [2.05, 4.69) is 32.0 Å². The third-order valence-electron chi connectivity index (χ3n) is 4.00. The highest BCUT2D eigenvalue weighted by Gasteiger charge is 2.25. The van der Waals surface area contributed by atoms with Gasteiger partial charge in [0.2, 0.25) is 0 Å². The second kappa shape index (κ2) is 4.96. The van der Waals surface area contributed by atoms with Crippen LogP contribution in [0.1, 0.15) is 43.4 Å². The minimum Gasteiger partial charge on any atom is -0.330 e. The molecule has 0 radical (unpaired) electrons. The normalized spacial score (nSPS) is 16.4. The molecule has 0 aliphatic heterocycles. The number of pyridine rings is 1. The van der Waals surface area contributed by atoms with Gasteiger partial charge in [-0.3, -0.25) is 4.40 Å². The highest BCUT2D eigenvalue weighted by Crippen LogP contribution is 2.35. The van der Waals surface area contributed by atoms with Crippen molar-refractivity contribution in [1.29, 1.82) is 0 Å². The fourth-order valence-electron chi connectivity index (χ4n) is 2.65. The van der Waals surface area contributed by atoms with Gasteiger partial charge in [0.15, 0.2) is 11.5 Å². The van der Waals surface area contributed by atoms with Crippen LogP contribution in [0.3, 0.4) is 0 Å². The van der Waals surface area contributed by atoms with Crippen molar-refractivity contribution < 1.29 is 0 Å². The van der Waals surface area contributed by atoms with Crippen molar-refractivity contribution in [3.63, 3.8) is 0 Å². The lowest BCUT2D eigenvalue weighted by molar-refractivity contribution is 0.521. The van der Waals surface area contributed by atoms with Gasteiger partial charge >= 0.3 is 0 Å². The molecule has 1 aliphatic rings. The maximum atomic E-state index is 4.29. The molecule has 3 aromatic heterocycles. The first-order chi connectivity index (χ1) is 10.3. The van der Waals surface area contributed by atoms with Crippen molar-refractivity contribution >= 4 is 5.65 Å². The molecule has 0 amide bonds. The molecule has 0 aromatic carbocycles. The molecule has 6 nitrogen and oxygen atoms in total. The second-order valence-electron chi connectivity index (χ2n) is 5.61. The van der Waals surface area contributed by atoms with Crippen LogP contribution in [-0.4, -0.2) is 24.1 Å². The number of hydrogen-bond donors (Lipinski definition) is 1. The van der Waals surface area contributed by atoms with Crippen molar-refractivity contribution in [2.24, 2.45) is 0 Å². The molecular weight excluding hydrogens is 264 g/mol. The van der Waals surface area contributed by atoms with Crippen molar-refractivity contribution in [2.45, 2.75) is 38.4 Å². The Kier molecular flexibility index (Phi) is 2.96. The van der Waals surface area contributed by atoms with Crippen LogP contribution in [0.4, 0.5) is 0 Å². The molecule has 1 fully saturated rings. The zero-order valence-electron chi connectivity index (χ0n) is 12.0. The summed E-state index contributed by atoms with van der Waals surface area (Å²) < 4.78 is 4.30. The first kappa shape index (κ1) is 12.5. The summed E-state index contributed by atoms with van der Waals surface area (Å²) >= 11 is 0. The molecule has 4 rings (SSSR count). The number of rotatable bonds is 5. The van der Waals surface area contributed by atoms with Gasteiger partial charge in [-0.1, -0.05) is 6.07 Å². The van der Waals surface area contributed by atoms with Gasteiger partial charge in [0.05, 0.1) is 18.1 Å². The summed E-state index contributed by atoms with van der Waals surface area (Å²) in [4.78, 5) is 4.26. The number of aromatic nitrogens is 5. The summed E-state index contributed by atoms with van der Waals surface area (Å²) in [5.74, 6) is 0.933. The van der Waals surface area contributed by atoms with Crippen molar-refractivity contribution in [2.75, 3.05) is 0 Å². The SMILES string of the molecule is CC(NCc1cncn1C1CC1)c1nnc2ccccn12. The van der Waals surface area contributed by atoms with Gasteiger partial charge in [-0.2, -0.15) is 0 Å². The van der Waals surface area contributed by atoms with Gasteiger partial charge in [-0.25, -0.2) is 4.98 Å². The Morgan fingerprint density at radius 2 is 2.24 bits per heavy atom. The molecule has 1 unspecified atom stereocenters. The van der Waals surface area contributed by atoms with E-state index in [-0.39, 0.29) is 6.04 Å². The topological polar surface area (TPSA) is 60.0 Å². The van der Waals surface area contributed by atoms with E-state index in [9.17, 15) is 0 Å². The molecule has 108 valence electrons. The minimum atomic E-state index is 0.130. The zero-order chi connectivity index (χ0) is 14.2. The Morgan fingerprint density at radius 3 is 3.10 bits per heavy atom. The molecule has 6 heteroatoms. The Balaban J connectivity index is 1.50. The van der Waals surface area contributed by atoms with Gasteiger partial charge in [-0.05, 0) is 31.9 Å². The van der Waals surface area contributed by atoms with Crippen molar-refractivity contribution in [3.8, 4) is 0 Å². The molecule has 0 saturated heterocycles. The molecule has 3 heterocycles. The molecule has 0 spiro atoms. The summed E-state index contributed by atoms with van der Waals surface area (Å²) in [6.45, 7) is 2.90. The van der Waals surface area contributed by atoms with Crippen LogP contribution in [0.15, 0.2) is 36.9 Å². The highest BCUT2D eigenvalue weighted by molar-refractivity contribution is 5.37. The summed E-state index contributed by atoms with van der Waals surface area (Å²) in [5, 5.41) is 12.0. The first-order valence-electron chi connectivity index (χ1n) is 7.36. The largest absolute Gasteiger partial charge is 0.330 e. The van der Waals surface area contributed by atoms with Gasteiger partial charge in [-0.15, -0.1) is 10.2 Å². The maximum absolute atomic E-state index is 4.29. The van der Waals surface area contributed by atoms with Crippen LogP contribution in [0.5, 0.6) is 0 Å². The summed E-state index contributed by atoms with van der Waals surface area (Å²) in [6, 6.07) is 6.72. The molecule has 1 saturated carbocycles. The standard InChI is InChI=1S/C15H18N6/c1-11(15-19-18-14-4-2-3-7-20(14)15)17-9-13-8-16-10-21(13)12-5-6-12/h2-4,7-8,10-12,17H,5-6,9H2,1H3. The summed E-state index contributed by atoms with van der Waals surface area (Å²) in [6.07, 6.45) is 8.42. The van der Waals surface area contributed by atoms with E-state index >= 15 is 0 Å². The average molecular weight is 282 g/mol. The quantitative estimate of drug-likeness (QED) is 0.778. The van der Waals surface area contributed by atoms with Crippen molar-refractivity contribution in [1.82, 2.24) is 29.5 Å². The summed E-state index contributed by atoms with van der Waals surface area (Å²) in [7, 11) is 0. The van der Waals surface area contributed by atoms with Crippen LogP contribution in [0, 0.1) is 0 Å². The van der Waals surface area contributed by atoms with Crippen LogP contribution in [0.25, 0.3) is 5.65 Å². The predicted molar refractivity (Wildman–Crippen MR) is 78.7 cm³/mol. The molecule has 1 N–H and O–H groups in total. The Bertz CT molecular complexity index is 754. The number of nitrogens with zero attached hydrogens (tertiary/aromatic N) is 5. The number of imidazole rings is 1. The molecule has 0 bridgehead atoms. The van der Waals surface area contributed by atoms with E-state index in [1.807, 2.05) is 41.3 Å².